The van der Waals surface area contributed by atoms with Gasteiger partial charge >= 0.3 is 0 Å². The second-order valence-corrected chi connectivity index (χ2v) is 6.90. The fourth-order valence-corrected chi connectivity index (χ4v) is 2.60. The Labute approximate surface area is 156 Å². The van der Waals surface area contributed by atoms with Crippen LogP contribution in [0.5, 0.6) is 11.5 Å². The fourth-order valence-electron chi connectivity index (χ4n) is 2.41. The monoisotopic (exact) mass is 374 g/mol. The summed E-state index contributed by atoms with van der Waals surface area (Å²) in [4.78, 5) is 25.0. The predicted molar refractivity (Wildman–Crippen MR) is 98.3 cm³/mol. The van der Waals surface area contributed by atoms with Crippen molar-refractivity contribution in [3.63, 3.8) is 0 Å². The third-order valence-electron chi connectivity index (χ3n) is 4.11. The molecular formula is C19H19ClN2O4. The van der Waals surface area contributed by atoms with Gasteiger partial charge in [0.25, 0.3) is 0 Å². The number of carbonyl (C=O) groups is 2. The predicted octanol–water partition coefficient (Wildman–Crippen LogP) is 3.35. The first kappa shape index (κ1) is 18.1. The van der Waals surface area contributed by atoms with Gasteiger partial charge in [-0.15, -0.1) is 0 Å². The zero-order valence-corrected chi connectivity index (χ0v) is 15.2. The maximum atomic E-state index is 12.5. The lowest BCUT2D eigenvalue weighted by molar-refractivity contribution is -0.138. The lowest BCUT2D eigenvalue weighted by Crippen LogP contribution is -2.44. The van der Waals surface area contributed by atoms with Gasteiger partial charge in [0.05, 0.1) is 0 Å². The topological polar surface area (TPSA) is 76.7 Å². The number of nitrogens with one attached hydrogen (secondary N) is 2. The Morgan fingerprint density at radius 2 is 1.85 bits per heavy atom. The minimum Gasteiger partial charge on any atom is -0.454 e. The molecule has 0 unspecified atom stereocenters. The standard InChI is InChI=1S/C19H19ClN2O4/c1-19(2,18(24)22-14-5-3-4-13(20)9-14)17(23)21-10-12-6-7-15-16(8-12)26-11-25-15/h3-9H,10-11H2,1-2H3,(H,21,23)(H,22,24). The van der Waals surface area contributed by atoms with E-state index in [4.69, 9.17) is 21.1 Å². The zero-order valence-electron chi connectivity index (χ0n) is 14.5. The summed E-state index contributed by atoms with van der Waals surface area (Å²) in [5.41, 5.74) is 0.145. The van der Waals surface area contributed by atoms with Crippen molar-refractivity contribution in [3.05, 3.63) is 53.1 Å². The van der Waals surface area contributed by atoms with Crippen molar-refractivity contribution in [2.45, 2.75) is 20.4 Å². The zero-order chi connectivity index (χ0) is 18.7. The highest BCUT2D eigenvalue weighted by atomic mass is 35.5. The molecule has 0 spiro atoms. The van der Waals surface area contributed by atoms with Gasteiger partial charge in [0.1, 0.15) is 5.41 Å². The van der Waals surface area contributed by atoms with Crippen LogP contribution in [0.15, 0.2) is 42.5 Å². The van der Waals surface area contributed by atoms with Crippen molar-refractivity contribution in [3.8, 4) is 11.5 Å². The quantitative estimate of drug-likeness (QED) is 0.787. The van der Waals surface area contributed by atoms with Gasteiger partial charge in [-0.1, -0.05) is 23.7 Å². The van der Waals surface area contributed by atoms with Crippen LogP contribution in [0, 0.1) is 5.41 Å². The number of anilines is 1. The summed E-state index contributed by atoms with van der Waals surface area (Å²) in [7, 11) is 0. The molecule has 0 bridgehead atoms. The van der Waals surface area contributed by atoms with E-state index in [9.17, 15) is 9.59 Å². The summed E-state index contributed by atoms with van der Waals surface area (Å²) in [6.45, 7) is 3.62. The molecule has 0 radical (unpaired) electrons. The van der Waals surface area contributed by atoms with E-state index in [1.54, 1.807) is 44.2 Å². The number of ether oxygens (including phenoxy) is 2. The van der Waals surface area contributed by atoms with Crippen LogP contribution in [0.25, 0.3) is 0 Å². The maximum Gasteiger partial charge on any atom is 0.239 e. The lowest BCUT2D eigenvalue weighted by Gasteiger charge is -2.23. The third kappa shape index (κ3) is 3.91. The minimum atomic E-state index is -1.25. The van der Waals surface area contributed by atoms with E-state index in [0.29, 0.717) is 22.2 Å². The first-order valence-electron chi connectivity index (χ1n) is 8.10. The molecule has 0 atom stereocenters. The van der Waals surface area contributed by atoms with Crippen molar-refractivity contribution >= 4 is 29.1 Å². The third-order valence-corrected chi connectivity index (χ3v) is 4.34. The molecule has 1 heterocycles. The molecule has 136 valence electrons. The molecule has 0 saturated heterocycles. The lowest BCUT2D eigenvalue weighted by atomic mass is 9.90. The number of benzene rings is 2. The van der Waals surface area contributed by atoms with Gasteiger partial charge in [-0.25, -0.2) is 0 Å². The molecule has 6 nitrogen and oxygen atoms in total. The Kier molecular flexibility index (Phi) is 5.04. The number of amides is 2. The van der Waals surface area contributed by atoms with Crippen molar-refractivity contribution in [1.29, 1.82) is 0 Å². The van der Waals surface area contributed by atoms with E-state index in [0.717, 1.165) is 5.56 Å². The highest BCUT2D eigenvalue weighted by molar-refractivity contribution is 6.31. The number of rotatable bonds is 5. The van der Waals surface area contributed by atoms with Gasteiger partial charge in [0, 0.05) is 17.3 Å². The van der Waals surface area contributed by atoms with E-state index in [1.807, 2.05) is 12.1 Å². The summed E-state index contributed by atoms with van der Waals surface area (Å²) in [6.07, 6.45) is 0. The highest BCUT2D eigenvalue weighted by Gasteiger charge is 2.36. The largest absolute Gasteiger partial charge is 0.454 e. The first-order valence-corrected chi connectivity index (χ1v) is 8.48. The normalized spacial score (nSPS) is 12.6. The number of hydrogen-bond donors (Lipinski definition) is 2. The van der Waals surface area contributed by atoms with E-state index in [1.165, 1.54) is 0 Å². The molecule has 0 fully saturated rings. The molecule has 0 saturated carbocycles. The summed E-state index contributed by atoms with van der Waals surface area (Å²) >= 11 is 5.91. The maximum absolute atomic E-state index is 12.5. The number of fused-ring (bicyclic) bond motifs is 1. The number of halogens is 1. The van der Waals surface area contributed by atoms with Gasteiger partial charge in [-0.05, 0) is 49.7 Å². The average molecular weight is 375 g/mol. The molecular weight excluding hydrogens is 356 g/mol. The first-order chi connectivity index (χ1) is 12.4. The molecule has 2 N–H and O–H groups in total. The minimum absolute atomic E-state index is 0.196. The molecule has 2 amide bonds. The molecule has 1 aliphatic heterocycles. The number of carbonyl (C=O) groups excluding carboxylic acids is 2. The van der Waals surface area contributed by atoms with Gasteiger partial charge in [-0.2, -0.15) is 0 Å². The van der Waals surface area contributed by atoms with Crippen LogP contribution in [0.3, 0.4) is 0 Å². The summed E-state index contributed by atoms with van der Waals surface area (Å²) in [5, 5.41) is 6.01. The van der Waals surface area contributed by atoms with Crippen LogP contribution in [0.1, 0.15) is 19.4 Å². The summed E-state index contributed by atoms with van der Waals surface area (Å²) in [5.74, 6) is 0.536. The molecule has 0 aliphatic carbocycles. The highest BCUT2D eigenvalue weighted by Crippen LogP contribution is 2.32. The molecule has 1 aliphatic rings. The molecule has 3 rings (SSSR count). The van der Waals surface area contributed by atoms with Gasteiger partial charge in [-0.3, -0.25) is 9.59 Å². The van der Waals surface area contributed by atoms with Crippen LogP contribution in [0.4, 0.5) is 5.69 Å². The van der Waals surface area contributed by atoms with Gasteiger partial charge in [0.2, 0.25) is 18.6 Å². The van der Waals surface area contributed by atoms with Gasteiger partial charge in [0.15, 0.2) is 11.5 Å². The second kappa shape index (κ2) is 7.25. The second-order valence-electron chi connectivity index (χ2n) is 6.46. The molecule has 2 aromatic rings. The van der Waals surface area contributed by atoms with Crippen molar-refractivity contribution in [2.75, 3.05) is 12.1 Å². The van der Waals surface area contributed by atoms with Crippen LogP contribution in [-0.2, 0) is 16.1 Å². The van der Waals surface area contributed by atoms with Crippen molar-refractivity contribution in [1.82, 2.24) is 5.32 Å². The Morgan fingerprint density at radius 1 is 1.08 bits per heavy atom. The molecule has 0 aromatic heterocycles. The molecule has 26 heavy (non-hydrogen) atoms. The van der Waals surface area contributed by atoms with Crippen LogP contribution in [-0.4, -0.2) is 18.6 Å². The van der Waals surface area contributed by atoms with Crippen molar-refractivity contribution < 1.29 is 19.1 Å². The van der Waals surface area contributed by atoms with E-state index in [-0.39, 0.29) is 19.2 Å². The Bertz CT molecular complexity index is 851. The van der Waals surface area contributed by atoms with Crippen LogP contribution < -0.4 is 20.1 Å². The molecule has 7 heteroatoms. The summed E-state index contributed by atoms with van der Waals surface area (Å²) in [6, 6.07) is 12.2. The van der Waals surface area contributed by atoms with Crippen LogP contribution >= 0.6 is 11.6 Å². The SMILES string of the molecule is CC(C)(C(=O)NCc1ccc2c(c1)OCO2)C(=O)Nc1cccc(Cl)c1. The van der Waals surface area contributed by atoms with Crippen molar-refractivity contribution in [2.24, 2.45) is 5.41 Å². The fraction of sp³-hybridized carbons (Fsp3) is 0.263. The van der Waals surface area contributed by atoms with E-state index >= 15 is 0 Å². The summed E-state index contributed by atoms with van der Waals surface area (Å²) < 4.78 is 10.6. The van der Waals surface area contributed by atoms with Gasteiger partial charge < -0.3 is 20.1 Å². The number of hydrogen-bond acceptors (Lipinski definition) is 4. The smallest absolute Gasteiger partial charge is 0.239 e. The van der Waals surface area contributed by atoms with Crippen LogP contribution in [0.2, 0.25) is 5.02 Å². The Morgan fingerprint density at radius 3 is 2.62 bits per heavy atom. The van der Waals surface area contributed by atoms with E-state index in [2.05, 4.69) is 10.6 Å². The Hall–Kier alpha value is -2.73. The Balaban J connectivity index is 1.61. The van der Waals surface area contributed by atoms with E-state index < -0.39 is 11.3 Å². The average Bonchev–Trinajstić information content (AvgIpc) is 3.07. The molecule has 2 aromatic carbocycles.